The lowest BCUT2D eigenvalue weighted by Crippen LogP contribution is -2.28. The van der Waals surface area contributed by atoms with Gasteiger partial charge in [-0.25, -0.2) is 0 Å². The Kier molecular flexibility index (Phi) is 4.17. The van der Waals surface area contributed by atoms with Crippen LogP contribution < -0.4 is 21.5 Å². The van der Waals surface area contributed by atoms with Crippen molar-refractivity contribution in [2.45, 2.75) is 13.3 Å². The third-order valence-corrected chi connectivity index (χ3v) is 2.80. The zero-order chi connectivity index (χ0) is 15.4. The Morgan fingerprint density at radius 2 is 1.67 bits per heavy atom. The van der Waals surface area contributed by atoms with Gasteiger partial charge in [-0.2, -0.15) is 0 Å². The highest BCUT2D eigenvalue weighted by Crippen LogP contribution is 2.16. The molecule has 4 amide bonds. The fourth-order valence-corrected chi connectivity index (χ4v) is 1.88. The minimum Gasteiger partial charge on any atom is -0.326 e. The molecular weight excluding hydrogens is 276 g/mol. The number of rotatable bonds is 4. The van der Waals surface area contributed by atoms with Gasteiger partial charge in [0, 0.05) is 24.7 Å². The van der Waals surface area contributed by atoms with Crippen LogP contribution in [0.3, 0.4) is 0 Å². The first-order valence-electron chi connectivity index (χ1n) is 6.23. The zero-order valence-electron chi connectivity index (χ0n) is 11.2. The lowest BCUT2D eigenvalue weighted by molar-refractivity contribution is -0.131. The molecular formula is C13H14N4O4. The summed E-state index contributed by atoms with van der Waals surface area (Å²) in [5.41, 5.74) is 5.31. The van der Waals surface area contributed by atoms with Crippen molar-refractivity contribution in [2.75, 3.05) is 10.6 Å². The first-order valence-corrected chi connectivity index (χ1v) is 6.23. The van der Waals surface area contributed by atoms with Crippen molar-refractivity contribution in [2.24, 2.45) is 5.92 Å². The van der Waals surface area contributed by atoms with Gasteiger partial charge in [0.15, 0.2) is 0 Å². The summed E-state index contributed by atoms with van der Waals surface area (Å²) in [6, 6.07) is 6.55. The van der Waals surface area contributed by atoms with E-state index in [1.54, 1.807) is 24.3 Å². The van der Waals surface area contributed by atoms with Crippen LogP contribution in [0.15, 0.2) is 24.3 Å². The average molecular weight is 290 g/mol. The number of amides is 4. The van der Waals surface area contributed by atoms with E-state index in [2.05, 4.69) is 21.5 Å². The largest absolute Gasteiger partial charge is 0.326 e. The molecule has 0 atom stereocenters. The van der Waals surface area contributed by atoms with E-state index in [1.807, 2.05) is 0 Å². The molecule has 110 valence electrons. The van der Waals surface area contributed by atoms with E-state index in [0.717, 1.165) is 0 Å². The molecule has 2 rings (SSSR count). The second-order valence-corrected chi connectivity index (χ2v) is 4.55. The normalized spacial score (nSPS) is 14.3. The molecule has 1 heterocycles. The molecule has 0 bridgehead atoms. The number of hydrogen-bond acceptors (Lipinski definition) is 4. The summed E-state index contributed by atoms with van der Waals surface area (Å²) in [5.74, 6) is -2.77. The predicted molar refractivity (Wildman–Crippen MR) is 73.8 cm³/mol. The van der Waals surface area contributed by atoms with Gasteiger partial charge in [-0.05, 0) is 18.2 Å². The van der Waals surface area contributed by atoms with Gasteiger partial charge in [-0.15, -0.1) is 0 Å². The highest BCUT2D eigenvalue weighted by molar-refractivity contribution is 6.09. The lowest BCUT2D eigenvalue weighted by atomic mass is 10.1. The highest BCUT2D eigenvalue weighted by Gasteiger charge is 2.34. The minimum absolute atomic E-state index is 0.224. The van der Waals surface area contributed by atoms with Gasteiger partial charge >= 0.3 is 0 Å². The van der Waals surface area contributed by atoms with Crippen LogP contribution in [0.2, 0.25) is 0 Å². The number of hydrazine groups is 1. The number of carbonyl (C=O) groups excluding carboxylic acids is 4. The molecule has 0 aromatic heterocycles. The van der Waals surface area contributed by atoms with Crippen LogP contribution in [0.25, 0.3) is 0 Å². The molecule has 21 heavy (non-hydrogen) atoms. The molecule has 1 aliphatic rings. The maximum atomic E-state index is 11.8. The molecule has 8 heteroatoms. The molecule has 1 fully saturated rings. The van der Waals surface area contributed by atoms with Crippen LogP contribution in [0, 0.1) is 5.92 Å². The Bertz CT molecular complexity index is 598. The molecule has 1 aromatic carbocycles. The number of nitrogens with one attached hydrogen (secondary N) is 4. The lowest BCUT2D eigenvalue weighted by Gasteiger charge is -2.08. The minimum atomic E-state index is -1.02. The molecule has 4 N–H and O–H groups in total. The first kappa shape index (κ1) is 14.5. The van der Waals surface area contributed by atoms with Crippen LogP contribution in [0.5, 0.6) is 0 Å². The first-order chi connectivity index (χ1) is 9.95. The van der Waals surface area contributed by atoms with Crippen LogP contribution in [0.1, 0.15) is 13.3 Å². The van der Waals surface area contributed by atoms with Crippen molar-refractivity contribution in [3.05, 3.63) is 24.3 Å². The van der Waals surface area contributed by atoms with Crippen molar-refractivity contribution in [1.29, 1.82) is 0 Å². The van der Waals surface area contributed by atoms with Crippen LogP contribution in [-0.4, -0.2) is 23.6 Å². The summed E-state index contributed by atoms with van der Waals surface area (Å²) in [6.07, 6.45) is -0.248. The Morgan fingerprint density at radius 1 is 1.10 bits per heavy atom. The summed E-state index contributed by atoms with van der Waals surface area (Å²) in [7, 11) is 0. The second-order valence-electron chi connectivity index (χ2n) is 4.55. The summed E-state index contributed by atoms with van der Waals surface area (Å²) < 4.78 is 0. The maximum absolute atomic E-state index is 11.8. The maximum Gasteiger partial charge on any atom is 0.251 e. The van der Waals surface area contributed by atoms with Gasteiger partial charge in [0.1, 0.15) is 5.92 Å². The SMILES string of the molecule is CC(=O)Nc1cccc(NC(=O)CC2C(=O)NNC2=O)c1. The standard InChI is InChI=1S/C13H14N4O4/c1-7(18)14-8-3-2-4-9(5-8)15-11(19)6-10-12(20)16-17-13(10)21/h2-5,10H,6H2,1H3,(H,14,18)(H,15,19)(H,16,20)(H,17,21). The van der Waals surface area contributed by atoms with Crippen LogP contribution in [-0.2, 0) is 19.2 Å². The van der Waals surface area contributed by atoms with Gasteiger partial charge in [-0.3, -0.25) is 30.0 Å². The third kappa shape index (κ3) is 3.78. The fraction of sp³-hybridized carbons (Fsp3) is 0.231. The van der Waals surface area contributed by atoms with E-state index in [4.69, 9.17) is 0 Å². The van der Waals surface area contributed by atoms with Gasteiger partial charge in [-0.1, -0.05) is 6.07 Å². The van der Waals surface area contributed by atoms with Crippen LogP contribution >= 0.6 is 0 Å². The third-order valence-electron chi connectivity index (χ3n) is 2.80. The Balaban J connectivity index is 1.98. The van der Waals surface area contributed by atoms with E-state index in [-0.39, 0.29) is 12.3 Å². The summed E-state index contributed by atoms with van der Waals surface area (Å²) in [5, 5.41) is 5.16. The van der Waals surface area contributed by atoms with Crippen molar-refractivity contribution in [3.63, 3.8) is 0 Å². The summed E-state index contributed by atoms with van der Waals surface area (Å²) in [6.45, 7) is 1.38. The molecule has 1 aromatic rings. The second kappa shape index (κ2) is 6.04. The van der Waals surface area contributed by atoms with Crippen LogP contribution in [0.4, 0.5) is 11.4 Å². The van der Waals surface area contributed by atoms with E-state index >= 15 is 0 Å². The zero-order valence-corrected chi connectivity index (χ0v) is 11.2. The Labute approximate surface area is 120 Å². The monoisotopic (exact) mass is 290 g/mol. The van der Waals surface area contributed by atoms with Gasteiger partial charge in [0.25, 0.3) is 11.8 Å². The van der Waals surface area contributed by atoms with Crippen molar-refractivity contribution >= 4 is 35.0 Å². The molecule has 0 unspecified atom stereocenters. The summed E-state index contributed by atoms with van der Waals surface area (Å²) in [4.78, 5) is 45.4. The smallest absolute Gasteiger partial charge is 0.251 e. The average Bonchev–Trinajstić information content (AvgIpc) is 2.70. The topological polar surface area (TPSA) is 116 Å². The van der Waals surface area contributed by atoms with E-state index in [9.17, 15) is 19.2 Å². The summed E-state index contributed by atoms with van der Waals surface area (Å²) >= 11 is 0. The number of benzene rings is 1. The van der Waals surface area contributed by atoms with Gasteiger partial charge in [0.05, 0.1) is 0 Å². The van der Waals surface area contributed by atoms with Crippen molar-refractivity contribution in [1.82, 2.24) is 10.9 Å². The molecule has 0 aliphatic carbocycles. The predicted octanol–water partition coefficient (Wildman–Crippen LogP) is -0.249. The molecule has 1 aliphatic heterocycles. The van der Waals surface area contributed by atoms with Crippen molar-refractivity contribution < 1.29 is 19.2 Å². The molecule has 0 saturated carbocycles. The van der Waals surface area contributed by atoms with E-state index in [1.165, 1.54) is 6.92 Å². The molecule has 1 saturated heterocycles. The highest BCUT2D eigenvalue weighted by atomic mass is 16.2. The van der Waals surface area contributed by atoms with E-state index in [0.29, 0.717) is 11.4 Å². The Hall–Kier alpha value is -2.90. The molecule has 0 spiro atoms. The molecule has 8 nitrogen and oxygen atoms in total. The Morgan fingerprint density at radius 3 is 2.24 bits per heavy atom. The fourth-order valence-electron chi connectivity index (χ4n) is 1.88. The number of carbonyl (C=O) groups is 4. The number of hydrogen-bond donors (Lipinski definition) is 4. The quantitative estimate of drug-likeness (QED) is 0.572. The molecule has 0 radical (unpaired) electrons. The van der Waals surface area contributed by atoms with E-state index < -0.39 is 23.6 Å². The van der Waals surface area contributed by atoms with Crippen molar-refractivity contribution in [3.8, 4) is 0 Å². The van der Waals surface area contributed by atoms with Gasteiger partial charge in [0.2, 0.25) is 11.8 Å². The number of anilines is 2. The van der Waals surface area contributed by atoms with Gasteiger partial charge < -0.3 is 10.6 Å².